The Hall–Kier alpha value is -4.18. The standard InChI is InChI=1S/C27H26N2O7S/c1-6-35-26(32)23-15(2)28-27-29(24(23)18-9-12-20(33-4)21(14-18)34-5)25(31)22(37-27)13-17-7-10-19(11-8-17)36-16(3)30/h7-14,24H,6H2,1-5H3/b22-13-. The first-order valence-electron chi connectivity index (χ1n) is 11.5. The zero-order valence-electron chi connectivity index (χ0n) is 21.1. The highest BCUT2D eigenvalue weighted by atomic mass is 32.1. The summed E-state index contributed by atoms with van der Waals surface area (Å²) in [7, 11) is 3.06. The van der Waals surface area contributed by atoms with Crippen molar-refractivity contribution in [1.82, 2.24) is 4.57 Å². The van der Waals surface area contributed by atoms with E-state index in [1.807, 2.05) is 0 Å². The molecule has 0 N–H and O–H groups in total. The first-order valence-corrected chi connectivity index (χ1v) is 12.3. The highest BCUT2D eigenvalue weighted by Gasteiger charge is 2.33. The first kappa shape index (κ1) is 25.9. The van der Waals surface area contributed by atoms with Crippen molar-refractivity contribution in [2.24, 2.45) is 4.99 Å². The van der Waals surface area contributed by atoms with Gasteiger partial charge in [0.2, 0.25) is 0 Å². The number of aromatic nitrogens is 1. The topological polar surface area (TPSA) is 105 Å². The summed E-state index contributed by atoms with van der Waals surface area (Å²) in [6, 6.07) is 11.3. The lowest BCUT2D eigenvalue weighted by molar-refractivity contribution is -0.139. The summed E-state index contributed by atoms with van der Waals surface area (Å²) < 4.78 is 23.2. The Labute approximate surface area is 216 Å². The largest absolute Gasteiger partial charge is 0.493 e. The summed E-state index contributed by atoms with van der Waals surface area (Å²) in [4.78, 5) is 43.0. The number of fused-ring (bicyclic) bond motifs is 1. The van der Waals surface area contributed by atoms with E-state index in [1.54, 1.807) is 62.4 Å². The fourth-order valence-electron chi connectivity index (χ4n) is 4.08. The quantitative estimate of drug-likeness (QED) is 0.347. The normalized spacial score (nSPS) is 15.1. The van der Waals surface area contributed by atoms with Gasteiger partial charge in [0.25, 0.3) is 5.56 Å². The average Bonchev–Trinajstić information content (AvgIpc) is 3.17. The van der Waals surface area contributed by atoms with Gasteiger partial charge in [-0.05, 0) is 55.3 Å². The molecule has 1 aromatic heterocycles. The number of hydrogen-bond acceptors (Lipinski definition) is 9. The number of nitrogens with zero attached hydrogens (tertiary/aromatic N) is 2. The number of rotatable bonds is 7. The van der Waals surface area contributed by atoms with Gasteiger partial charge in [0.1, 0.15) is 5.75 Å². The van der Waals surface area contributed by atoms with Crippen LogP contribution in [-0.2, 0) is 14.3 Å². The minimum Gasteiger partial charge on any atom is -0.493 e. The number of allylic oxidation sites excluding steroid dienone is 1. The Kier molecular flexibility index (Phi) is 7.58. The van der Waals surface area contributed by atoms with Crippen molar-refractivity contribution >= 4 is 29.4 Å². The van der Waals surface area contributed by atoms with Crippen molar-refractivity contribution in [3.63, 3.8) is 0 Å². The number of carbonyl (C=O) groups excluding carboxylic acids is 2. The average molecular weight is 523 g/mol. The van der Waals surface area contributed by atoms with E-state index in [4.69, 9.17) is 18.9 Å². The number of benzene rings is 2. The summed E-state index contributed by atoms with van der Waals surface area (Å²) in [5.41, 5.74) is 1.83. The minimum absolute atomic E-state index is 0.183. The van der Waals surface area contributed by atoms with Crippen molar-refractivity contribution in [3.05, 3.63) is 84.5 Å². The molecule has 0 radical (unpaired) electrons. The number of methoxy groups -OCH3 is 2. The summed E-state index contributed by atoms with van der Waals surface area (Å²) >= 11 is 1.22. The zero-order valence-corrected chi connectivity index (χ0v) is 21.9. The number of hydrogen-bond donors (Lipinski definition) is 0. The fourth-order valence-corrected chi connectivity index (χ4v) is 5.13. The van der Waals surface area contributed by atoms with Gasteiger partial charge in [-0.2, -0.15) is 0 Å². The second-order valence-corrected chi connectivity index (χ2v) is 9.09. The van der Waals surface area contributed by atoms with E-state index in [0.29, 0.717) is 37.8 Å². The smallest absolute Gasteiger partial charge is 0.338 e. The van der Waals surface area contributed by atoms with Crippen molar-refractivity contribution in [3.8, 4) is 17.2 Å². The molecule has 0 amide bonds. The monoisotopic (exact) mass is 522 g/mol. The van der Waals surface area contributed by atoms with Crippen LogP contribution in [0.25, 0.3) is 6.08 Å². The third-order valence-corrected chi connectivity index (χ3v) is 6.66. The van der Waals surface area contributed by atoms with Crippen LogP contribution in [0.15, 0.2) is 63.5 Å². The molecule has 9 nitrogen and oxygen atoms in total. The van der Waals surface area contributed by atoms with Gasteiger partial charge in [0, 0.05) is 6.92 Å². The predicted octanol–water partition coefficient (Wildman–Crippen LogP) is 2.74. The maximum absolute atomic E-state index is 13.7. The van der Waals surface area contributed by atoms with Gasteiger partial charge in [-0.25, -0.2) is 9.79 Å². The van der Waals surface area contributed by atoms with Crippen LogP contribution < -0.4 is 29.1 Å². The Morgan fingerprint density at radius 1 is 1.08 bits per heavy atom. The number of thiazole rings is 1. The van der Waals surface area contributed by atoms with E-state index in [0.717, 1.165) is 5.56 Å². The third-order valence-electron chi connectivity index (χ3n) is 5.68. The molecule has 0 saturated heterocycles. The molecule has 2 heterocycles. The molecule has 1 unspecified atom stereocenters. The summed E-state index contributed by atoms with van der Waals surface area (Å²) in [6.45, 7) is 4.96. The molecule has 1 aliphatic heterocycles. The molecule has 0 bridgehead atoms. The van der Waals surface area contributed by atoms with Crippen LogP contribution in [0.2, 0.25) is 0 Å². The highest BCUT2D eigenvalue weighted by molar-refractivity contribution is 7.07. The van der Waals surface area contributed by atoms with Crippen molar-refractivity contribution in [2.45, 2.75) is 26.8 Å². The lowest BCUT2D eigenvalue weighted by Gasteiger charge is -2.25. The minimum atomic E-state index is -0.774. The van der Waals surface area contributed by atoms with E-state index in [-0.39, 0.29) is 17.7 Å². The molecule has 3 aromatic rings. The number of esters is 2. The first-order chi connectivity index (χ1) is 17.8. The molecule has 1 aliphatic rings. The van der Waals surface area contributed by atoms with E-state index < -0.39 is 18.0 Å². The SMILES string of the molecule is CCOC(=O)C1=C(C)N=c2s/c(=C\c3ccc(OC(C)=O)cc3)c(=O)n2C1c1ccc(OC)c(OC)c1. The van der Waals surface area contributed by atoms with Crippen LogP contribution in [0, 0.1) is 0 Å². The zero-order chi connectivity index (χ0) is 26.7. The van der Waals surface area contributed by atoms with Crippen LogP contribution in [0.5, 0.6) is 17.2 Å². The lowest BCUT2D eigenvalue weighted by atomic mass is 9.95. The van der Waals surface area contributed by atoms with Gasteiger partial charge >= 0.3 is 11.9 Å². The van der Waals surface area contributed by atoms with Crippen LogP contribution in [-0.4, -0.2) is 37.3 Å². The molecule has 192 valence electrons. The van der Waals surface area contributed by atoms with Crippen LogP contribution in [0.3, 0.4) is 0 Å². The van der Waals surface area contributed by atoms with Crippen LogP contribution in [0.1, 0.15) is 37.9 Å². The molecule has 10 heteroatoms. The van der Waals surface area contributed by atoms with Crippen LogP contribution in [0.4, 0.5) is 0 Å². The summed E-state index contributed by atoms with van der Waals surface area (Å²) in [5, 5.41) is 0. The van der Waals surface area contributed by atoms with Crippen molar-refractivity contribution in [2.75, 3.05) is 20.8 Å². The van der Waals surface area contributed by atoms with E-state index in [9.17, 15) is 14.4 Å². The summed E-state index contributed by atoms with van der Waals surface area (Å²) in [5.74, 6) is 0.444. The fraction of sp³-hybridized carbons (Fsp3) is 0.259. The Morgan fingerprint density at radius 3 is 2.41 bits per heavy atom. The molecule has 0 saturated carbocycles. The van der Waals surface area contributed by atoms with Crippen molar-refractivity contribution < 1.29 is 28.5 Å². The van der Waals surface area contributed by atoms with E-state index in [1.165, 1.54) is 37.0 Å². The summed E-state index contributed by atoms with van der Waals surface area (Å²) in [6.07, 6.45) is 1.73. The molecule has 0 aliphatic carbocycles. The molecule has 37 heavy (non-hydrogen) atoms. The third kappa shape index (κ3) is 5.19. The molecule has 0 spiro atoms. The van der Waals surface area contributed by atoms with Gasteiger partial charge in [0.15, 0.2) is 16.3 Å². The molecule has 0 fully saturated rings. The van der Waals surface area contributed by atoms with Crippen LogP contribution >= 0.6 is 11.3 Å². The number of carbonyl (C=O) groups is 2. The van der Waals surface area contributed by atoms with E-state index >= 15 is 0 Å². The van der Waals surface area contributed by atoms with Gasteiger partial charge in [-0.1, -0.05) is 29.5 Å². The predicted molar refractivity (Wildman–Crippen MR) is 138 cm³/mol. The lowest BCUT2D eigenvalue weighted by Crippen LogP contribution is -2.39. The van der Waals surface area contributed by atoms with Gasteiger partial charge in [-0.3, -0.25) is 14.2 Å². The molecule has 4 rings (SSSR count). The maximum atomic E-state index is 13.7. The van der Waals surface area contributed by atoms with Gasteiger partial charge in [0.05, 0.1) is 42.7 Å². The second kappa shape index (κ2) is 10.8. The molecular formula is C27H26N2O7S. The highest BCUT2D eigenvalue weighted by Crippen LogP contribution is 2.36. The van der Waals surface area contributed by atoms with Crippen molar-refractivity contribution in [1.29, 1.82) is 0 Å². The van der Waals surface area contributed by atoms with E-state index in [2.05, 4.69) is 4.99 Å². The van der Waals surface area contributed by atoms with Gasteiger partial charge < -0.3 is 18.9 Å². The van der Waals surface area contributed by atoms with Gasteiger partial charge in [-0.15, -0.1) is 0 Å². The Balaban J connectivity index is 1.89. The Bertz CT molecular complexity index is 1570. The molecule has 1 atom stereocenters. The molecular weight excluding hydrogens is 496 g/mol. The Morgan fingerprint density at radius 2 is 1.78 bits per heavy atom. The number of ether oxygens (including phenoxy) is 4. The molecule has 2 aromatic carbocycles. The second-order valence-electron chi connectivity index (χ2n) is 8.08. The maximum Gasteiger partial charge on any atom is 0.338 e.